The Morgan fingerprint density at radius 2 is 2.04 bits per heavy atom. The third kappa shape index (κ3) is 4.19. The van der Waals surface area contributed by atoms with Gasteiger partial charge in [-0.15, -0.1) is 12.4 Å². The van der Waals surface area contributed by atoms with Crippen molar-refractivity contribution in [1.82, 2.24) is 25.1 Å². The van der Waals surface area contributed by atoms with E-state index in [-0.39, 0.29) is 30.2 Å². The number of aryl methyl sites for hydroxylation is 1. The molecule has 8 nitrogen and oxygen atoms in total. The number of rotatable bonds is 3. The molecule has 1 aliphatic rings. The first-order chi connectivity index (χ1) is 13.0. The fourth-order valence-electron chi connectivity index (χ4n) is 3.14. The smallest absolute Gasteiger partial charge is 0.291 e. The molecule has 4 N–H and O–H groups in total. The maximum atomic E-state index is 12.9. The van der Waals surface area contributed by atoms with Crippen molar-refractivity contribution < 1.29 is 4.79 Å². The van der Waals surface area contributed by atoms with Gasteiger partial charge in [-0.1, -0.05) is 11.6 Å². The fraction of sp³-hybridized carbons (Fsp3) is 0.333. The van der Waals surface area contributed by atoms with Gasteiger partial charge in [-0.25, -0.2) is 9.97 Å². The molecule has 148 valence electrons. The summed E-state index contributed by atoms with van der Waals surface area (Å²) in [5, 5.41) is 11.5. The van der Waals surface area contributed by atoms with Crippen LogP contribution in [0.2, 0.25) is 5.02 Å². The molecule has 2 aromatic heterocycles. The Hall–Kier alpha value is -2.42. The van der Waals surface area contributed by atoms with E-state index in [1.54, 1.807) is 23.1 Å². The predicted molar refractivity (Wildman–Crippen MR) is 112 cm³/mol. The fourth-order valence-corrected chi connectivity index (χ4v) is 3.31. The number of likely N-dealkylation sites (tertiary alicyclic amines) is 1. The summed E-state index contributed by atoms with van der Waals surface area (Å²) in [7, 11) is 0. The Morgan fingerprint density at radius 3 is 2.71 bits per heavy atom. The number of carbonyl (C=O) groups is 1. The molecule has 10 heteroatoms. The monoisotopic (exact) mass is 421 g/mol. The zero-order chi connectivity index (χ0) is 19.0. The van der Waals surface area contributed by atoms with Gasteiger partial charge in [-0.05, 0) is 38.0 Å². The predicted octanol–water partition coefficient (Wildman–Crippen LogP) is 3.04. The molecule has 28 heavy (non-hydrogen) atoms. The average Bonchev–Trinajstić information content (AvgIpc) is 3.07. The highest BCUT2D eigenvalue weighted by molar-refractivity contribution is 6.31. The van der Waals surface area contributed by atoms with Crippen molar-refractivity contribution >= 4 is 52.5 Å². The summed E-state index contributed by atoms with van der Waals surface area (Å²) in [6.07, 6.45) is 1.57. The van der Waals surface area contributed by atoms with E-state index in [1.165, 1.54) is 0 Å². The summed E-state index contributed by atoms with van der Waals surface area (Å²) in [5.74, 6) is 1.05. The summed E-state index contributed by atoms with van der Waals surface area (Å²) in [4.78, 5) is 23.6. The number of carbonyl (C=O) groups excluding carboxylic acids is 1. The molecule has 0 atom stereocenters. The number of nitrogens with two attached hydrogens (primary N) is 1. The van der Waals surface area contributed by atoms with Gasteiger partial charge in [0.15, 0.2) is 5.82 Å². The number of benzene rings is 1. The summed E-state index contributed by atoms with van der Waals surface area (Å²) < 4.78 is 0. The Bertz CT molecular complexity index is 999. The molecule has 0 radical (unpaired) electrons. The van der Waals surface area contributed by atoms with Crippen LogP contribution in [0, 0.1) is 6.92 Å². The van der Waals surface area contributed by atoms with E-state index in [2.05, 4.69) is 25.5 Å². The number of fused-ring (bicyclic) bond motifs is 1. The molecule has 0 bridgehead atoms. The second-order valence-corrected chi connectivity index (χ2v) is 7.18. The maximum Gasteiger partial charge on any atom is 0.291 e. The zero-order valence-corrected chi connectivity index (χ0v) is 16.8. The minimum Gasteiger partial charge on any atom is -0.336 e. The Morgan fingerprint density at radius 1 is 1.29 bits per heavy atom. The zero-order valence-electron chi connectivity index (χ0n) is 15.3. The number of hydrogen-bond acceptors (Lipinski definition) is 6. The summed E-state index contributed by atoms with van der Waals surface area (Å²) in [6.45, 7) is 3.13. The van der Waals surface area contributed by atoms with Gasteiger partial charge in [0.25, 0.3) is 5.91 Å². The molecule has 1 fully saturated rings. The molecule has 4 rings (SSSR count). The van der Waals surface area contributed by atoms with E-state index in [0.29, 0.717) is 35.3 Å². The van der Waals surface area contributed by atoms with Gasteiger partial charge in [-0.2, -0.15) is 5.10 Å². The van der Waals surface area contributed by atoms with E-state index in [4.69, 9.17) is 17.3 Å². The second-order valence-electron chi connectivity index (χ2n) is 6.75. The number of nitrogens with one attached hydrogen (secondary N) is 2. The number of H-pyrrole nitrogens is 1. The van der Waals surface area contributed by atoms with Gasteiger partial charge in [0, 0.05) is 41.3 Å². The van der Waals surface area contributed by atoms with Gasteiger partial charge in [0.1, 0.15) is 5.82 Å². The van der Waals surface area contributed by atoms with Crippen molar-refractivity contribution in [3.63, 3.8) is 0 Å². The number of amides is 1. The third-order valence-electron chi connectivity index (χ3n) is 4.63. The van der Waals surface area contributed by atoms with Crippen LogP contribution < -0.4 is 11.1 Å². The number of anilines is 2. The van der Waals surface area contributed by atoms with Crippen LogP contribution in [0.25, 0.3) is 10.9 Å². The summed E-state index contributed by atoms with van der Waals surface area (Å²) in [6, 6.07) is 7.30. The molecule has 1 aliphatic heterocycles. The van der Waals surface area contributed by atoms with Crippen LogP contribution in [0.15, 0.2) is 24.3 Å². The van der Waals surface area contributed by atoms with Crippen molar-refractivity contribution in [1.29, 1.82) is 0 Å². The van der Waals surface area contributed by atoms with Gasteiger partial charge >= 0.3 is 0 Å². The maximum absolute atomic E-state index is 12.9. The molecule has 1 amide bonds. The van der Waals surface area contributed by atoms with E-state index in [9.17, 15) is 4.79 Å². The van der Waals surface area contributed by atoms with Crippen molar-refractivity contribution in [2.24, 2.45) is 5.73 Å². The van der Waals surface area contributed by atoms with Gasteiger partial charge in [0.2, 0.25) is 5.82 Å². The third-order valence-corrected chi connectivity index (χ3v) is 4.86. The van der Waals surface area contributed by atoms with Gasteiger partial charge in [-0.3, -0.25) is 9.89 Å². The van der Waals surface area contributed by atoms with Gasteiger partial charge < -0.3 is 16.0 Å². The molecule has 1 saturated heterocycles. The van der Waals surface area contributed by atoms with Crippen molar-refractivity contribution in [2.45, 2.75) is 25.8 Å². The highest BCUT2D eigenvalue weighted by atomic mass is 35.5. The van der Waals surface area contributed by atoms with Crippen LogP contribution in [0.3, 0.4) is 0 Å². The number of piperidine rings is 1. The van der Waals surface area contributed by atoms with Crippen LogP contribution in [0.1, 0.15) is 29.2 Å². The average molecular weight is 422 g/mol. The normalized spacial score (nSPS) is 14.8. The second kappa shape index (κ2) is 8.30. The first-order valence-electron chi connectivity index (χ1n) is 8.81. The Kier molecular flexibility index (Phi) is 6.02. The minimum atomic E-state index is -0.194. The largest absolute Gasteiger partial charge is 0.336 e. The number of aromatic nitrogens is 4. The Balaban J connectivity index is 0.00000225. The first-order valence-corrected chi connectivity index (χ1v) is 9.18. The summed E-state index contributed by atoms with van der Waals surface area (Å²) in [5.41, 5.74) is 7.49. The first kappa shape index (κ1) is 20.3. The number of aromatic amines is 1. The highest BCUT2D eigenvalue weighted by Gasteiger charge is 2.24. The molecule has 3 aromatic rings. The van der Waals surface area contributed by atoms with E-state index >= 15 is 0 Å². The summed E-state index contributed by atoms with van der Waals surface area (Å²) >= 11 is 6.14. The van der Waals surface area contributed by atoms with Crippen molar-refractivity contribution in [3.8, 4) is 0 Å². The quantitative estimate of drug-likeness (QED) is 0.598. The molecule has 0 aliphatic carbocycles. The van der Waals surface area contributed by atoms with Crippen LogP contribution in [0.4, 0.5) is 11.6 Å². The highest BCUT2D eigenvalue weighted by Crippen LogP contribution is 2.27. The van der Waals surface area contributed by atoms with Crippen LogP contribution in [-0.4, -0.2) is 50.1 Å². The SMILES string of the molecule is Cc1cc(Nc2nc(C(=O)N3CCC(N)CC3)nc3ccc(Cl)cc23)n[nH]1.Cl. The molecule has 3 heterocycles. The lowest BCUT2D eigenvalue weighted by atomic mass is 10.1. The minimum absolute atomic E-state index is 0. The number of halogens is 2. The number of nitrogens with zero attached hydrogens (tertiary/aromatic N) is 4. The molecule has 0 saturated carbocycles. The van der Waals surface area contributed by atoms with E-state index in [1.807, 2.05) is 13.0 Å². The lowest BCUT2D eigenvalue weighted by Gasteiger charge is -2.29. The van der Waals surface area contributed by atoms with Crippen LogP contribution >= 0.6 is 24.0 Å². The van der Waals surface area contributed by atoms with Gasteiger partial charge in [0.05, 0.1) is 5.52 Å². The van der Waals surface area contributed by atoms with E-state index < -0.39 is 0 Å². The molecule has 1 aromatic carbocycles. The van der Waals surface area contributed by atoms with Crippen LogP contribution in [0.5, 0.6) is 0 Å². The van der Waals surface area contributed by atoms with E-state index in [0.717, 1.165) is 23.9 Å². The lowest BCUT2D eigenvalue weighted by Crippen LogP contribution is -2.43. The standard InChI is InChI=1S/C18H20ClN7O.ClH/c1-10-8-15(25-24-10)22-16-13-9-11(19)2-3-14(13)21-17(23-16)18(27)26-6-4-12(20)5-7-26;/h2-3,8-9,12H,4-7,20H2,1H3,(H2,21,22,23,24,25);1H. The number of hydrogen-bond donors (Lipinski definition) is 3. The molecular weight excluding hydrogens is 401 g/mol. The van der Waals surface area contributed by atoms with Crippen LogP contribution in [-0.2, 0) is 0 Å². The molecule has 0 spiro atoms. The topological polar surface area (TPSA) is 113 Å². The van der Waals surface area contributed by atoms with Crippen molar-refractivity contribution in [3.05, 3.63) is 40.8 Å². The lowest BCUT2D eigenvalue weighted by molar-refractivity contribution is 0.0703. The Labute approximate surface area is 173 Å². The molecule has 0 unspecified atom stereocenters. The van der Waals surface area contributed by atoms with Crippen molar-refractivity contribution in [2.75, 3.05) is 18.4 Å². The molecular formula is C18H21Cl2N7O.